The Morgan fingerprint density at radius 1 is 1.05 bits per heavy atom. The minimum absolute atomic E-state index is 0.436. The lowest BCUT2D eigenvalue weighted by Gasteiger charge is -2.17. The number of benzene rings is 2. The molecule has 2 aromatic rings. The molecule has 1 atom stereocenters. The highest BCUT2D eigenvalue weighted by Gasteiger charge is 2.12. The van der Waals surface area contributed by atoms with Crippen LogP contribution in [-0.2, 0) is 12.8 Å². The van der Waals surface area contributed by atoms with Gasteiger partial charge >= 0.3 is 0 Å². The first-order chi connectivity index (χ1) is 9.72. The van der Waals surface area contributed by atoms with Crippen LogP contribution in [0.5, 0.6) is 5.75 Å². The van der Waals surface area contributed by atoms with Crippen molar-refractivity contribution in [2.24, 2.45) is 11.7 Å². The summed E-state index contributed by atoms with van der Waals surface area (Å²) >= 11 is 2.33. The molecule has 0 saturated carbocycles. The summed E-state index contributed by atoms with van der Waals surface area (Å²) in [5.74, 6) is 1.39. The number of para-hydroxylation sites is 1. The van der Waals surface area contributed by atoms with Crippen molar-refractivity contribution in [3.8, 4) is 5.75 Å². The lowest BCUT2D eigenvalue weighted by Crippen LogP contribution is -2.19. The molecule has 2 nitrogen and oxygen atoms in total. The molecule has 2 N–H and O–H groups in total. The number of rotatable bonds is 6. The summed E-state index contributed by atoms with van der Waals surface area (Å²) < 4.78 is 6.68. The van der Waals surface area contributed by atoms with Gasteiger partial charge in [-0.05, 0) is 77.2 Å². The molecule has 0 spiro atoms. The molecule has 20 heavy (non-hydrogen) atoms. The third-order valence-corrected chi connectivity index (χ3v) is 4.19. The molecule has 3 heteroatoms. The molecule has 106 valence electrons. The first-order valence-corrected chi connectivity index (χ1v) is 7.87. The highest BCUT2D eigenvalue weighted by molar-refractivity contribution is 14.1. The van der Waals surface area contributed by atoms with Gasteiger partial charge in [-0.2, -0.15) is 0 Å². The molecule has 0 aromatic heterocycles. The van der Waals surface area contributed by atoms with E-state index in [-0.39, 0.29) is 0 Å². The molecule has 2 aromatic carbocycles. The van der Waals surface area contributed by atoms with Crippen molar-refractivity contribution in [2.75, 3.05) is 13.7 Å². The van der Waals surface area contributed by atoms with Gasteiger partial charge in [0.2, 0.25) is 0 Å². The smallest absolute Gasteiger partial charge is 0.122 e. The predicted octanol–water partition coefficient (Wildman–Crippen LogP) is 3.66. The maximum atomic E-state index is 5.95. The molecule has 1 unspecified atom stereocenters. The second-order valence-corrected chi connectivity index (χ2v) is 6.19. The van der Waals surface area contributed by atoms with E-state index in [2.05, 4.69) is 59.0 Å². The van der Waals surface area contributed by atoms with Crippen LogP contribution in [-0.4, -0.2) is 13.7 Å². The number of ether oxygens (including phenoxy) is 1. The van der Waals surface area contributed by atoms with Gasteiger partial charge in [0, 0.05) is 3.57 Å². The summed E-state index contributed by atoms with van der Waals surface area (Å²) in [5.41, 5.74) is 8.52. The zero-order valence-electron chi connectivity index (χ0n) is 11.7. The largest absolute Gasteiger partial charge is 0.496 e. The number of hydrogen-bond acceptors (Lipinski definition) is 2. The van der Waals surface area contributed by atoms with E-state index in [9.17, 15) is 0 Å². The Morgan fingerprint density at radius 3 is 2.40 bits per heavy atom. The maximum absolute atomic E-state index is 5.95. The van der Waals surface area contributed by atoms with Crippen LogP contribution in [0.25, 0.3) is 0 Å². The zero-order chi connectivity index (χ0) is 14.4. The van der Waals surface area contributed by atoms with Gasteiger partial charge in [0.1, 0.15) is 5.75 Å². The van der Waals surface area contributed by atoms with E-state index in [0.29, 0.717) is 12.5 Å². The van der Waals surface area contributed by atoms with Crippen molar-refractivity contribution >= 4 is 22.6 Å². The van der Waals surface area contributed by atoms with Gasteiger partial charge in [0.25, 0.3) is 0 Å². The topological polar surface area (TPSA) is 35.2 Å². The van der Waals surface area contributed by atoms with E-state index in [4.69, 9.17) is 10.5 Å². The Labute approximate surface area is 134 Å². The summed E-state index contributed by atoms with van der Waals surface area (Å²) in [5, 5.41) is 0. The predicted molar refractivity (Wildman–Crippen MR) is 92.1 cm³/mol. The number of hydrogen-bond donors (Lipinski definition) is 1. The summed E-state index contributed by atoms with van der Waals surface area (Å²) in [6, 6.07) is 16.8. The molecule has 2 rings (SSSR count). The Hall–Kier alpha value is -1.07. The molecule has 0 fully saturated rings. The van der Waals surface area contributed by atoms with Gasteiger partial charge < -0.3 is 10.5 Å². The van der Waals surface area contributed by atoms with Crippen molar-refractivity contribution in [1.82, 2.24) is 0 Å². The van der Waals surface area contributed by atoms with E-state index < -0.39 is 0 Å². The lowest BCUT2D eigenvalue weighted by molar-refractivity contribution is 0.404. The highest BCUT2D eigenvalue weighted by Crippen LogP contribution is 2.22. The molecule has 0 aliphatic carbocycles. The quantitative estimate of drug-likeness (QED) is 0.776. The summed E-state index contributed by atoms with van der Waals surface area (Å²) in [6.07, 6.45) is 1.96. The minimum atomic E-state index is 0.436. The van der Waals surface area contributed by atoms with Crippen LogP contribution >= 0.6 is 22.6 Å². The highest BCUT2D eigenvalue weighted by atomic mass is 127. The normalized spacial score (nSPS) is 12.2. The van der Waals surface area contributed by atoms with E-state index in [0.717, 1.165) is 18.6 Å². The minimum Gasteiger partial charge on any atom is -0.496 e. The summed E-state index contributed by atoms with van der Waals surface area (Å²) in [7, 11) is 1.72. The van der Waals surface area contributed by atoms with E-state index in [1.807, 2.05) is 12.1 Å². The van der Waals surface area contributed by atoms with Crippen LogP contribution in [0.15, 0.2) is 48.5 Å². The van der Waals surface area contributed by atoms with Gasteiger partial charge in [-0.15, -0.1) is 0 Å². The van der Waals surface area contributed by atoms with Crippen molar-refractivity contribution < 1.29 is 4.74 Å². The number of methoxy groups -OCH3 is 1. The van der Waals surface area contributed by atoms with Crippen molar-refractivity contribution in [3.63, 3.8) is 0 Å². The van der Waals surface area contributed by atoms with Crippen molar-refractivity contribution in [3.05, 3.63) is 63.2 Å². The second-order valence-electron chi connectivity index (χ2n) is 4.95. The van der Waals surface area contributed by atoms with Crippen LogP contribution < -0.4 is 10.5 Å². The van der Waals surface area contributed by atoms with Crippen LogP contribution in [0.2, 0.25) is 0 Å². The Kier molecular flexibility index (Phi) is 5.86. The summed E-state index contributed by atoms with van der Waals surface area (Å²) in [6.45, 7) is 0.685. The lowest BCUT2D eigenvalue weighted by atomic mass is 9.92. The Morgan fingerprint density at radius 2 is 1.75 bits per heavy atom. The average molecular weight is 381 g/mol. The Balaban J connectivity index is 2.07. The van der Waals surface area contributed by atoms with Gasteiger partial charge in [-0.1, -0.05) is 30.3 Å². The van der Waals surface area contributed by atoms with Crippen LogP contribution in [0, 0.1) is 9.49 Å². The van der Waals surface area contributed by atoms with E-state index in [1.54, 1.807) is 7.11 Å². The van der Waals surface area contributed by atoms with Crippen LogP contribution in [0.4, 0.5) is 0 Å². The van der Waals surface area contributed by atoms with Gasteiger partial charge in [0.05, 0.1) is 7.11 Å². The number of halogens is 1. The molecule has 0 heterocycles. The van der Waals surface area contributed by atoms with E-state index >= 15 is 0 Å². The van der Waals surface area contributed by atoms with Crippen molar-refractivity contribution in [1.29, 1.82) is 0 Å². The van der Waals surface area contributed by atoms with Crippen LogP contribution in [0.1, 0.15) is 11.1 Å². The third kappa shape index (κ3) is 4.21. The van der Waals surface area contributed by atoms with E-state index in [1.165, 1.54) is 14.7 Å². The monoisotopic (exact) mass is 381 g/mol. The SMILES string of the molecule is COc1ccccc1CC(CN)Cc1ccc(I)cc1. The fraction of sp³-hybridized carbons (Fsp3) is 0.294. The molecular weight excluding hydrogens is 361 g/mol. The van der Waals surface area contributed by atoms with Gasteiger partial charge in [-0.25, -0.2) is 0 Å². The first-order valence-electron chi connectivity index (χ1n) is 6.79. The third-order valence-electron chi connectivity index (χ3n) is 3.47. The summed E-state index contributed by atoms with van der Waals surface area (Å²) in [4.78, 5) is 0. The fourth-order valence-corrected chi connectivity index (χ4v) is 2.73. The average Bonchev–Trinajstić information content (AvgIpc) is 2.49. The van der Waals surface area contributed by atoms with Gasteiger partial charge in [0.15, 0.2) is 0 Å². The standard InChI is InChI=1S/C17H20INO/c1-20-17-5-3-2-4-15(17)11-14(12-19)10-13-6-8-16(18)9-7-13/h2-9,14H,10-12,19H2,1H3. The second kappa shape index (κ2) is 7.64. The van der Waals surface area contributed by atoms with Crippen LogP contribution in [0.3, 0.4) is 0 Å². The number of nitrogens with two attached hydrogens (primary N) is 1. The van der Waals surface area contributed by atoms with Crippen molar-refractivity contribution in [2.45, 2.75) is 12.8 Å². The molecular formula is C17H20INO. The molecule has 0 amide bonds. The Bertz CT molecular complexity index is 539. The maximum Gasteiger partial charge on any atom is 0.122 e. The molecule has 0 aliphatic rings. The molecule has 0 aliphatic heterocycles. The van der Waals surface area contributed by atoms with Gasteiger partial charge in [-0.3, -0.25) is 0 Å². The first kappa shape index (κ1) is 15.3. The fourth-order valence-electron chi connectivity index (χ4n) is 2.38. The molecule has 0 bridgehead atoms. The zero-order valence-corrected chi connectivity index (χ0v) is 13.8. The molecule has 0 radical (unpaired) electrons. The molecule has 0 saturated heterocycles.